The molecule has 0 aliphatic carbocycles. The number of aromatic nitrogens is 2. The zero-order valence-electron chi connectivity index (χ0n) is 23.2. The van der Waals surface area contributed by atoms with Gasteiger partial charge in [-0.25, -0.2) is 4.79 Å². The summed E-state index contributed by atoms with van der Waals surface area (Å²) in [5, 5.41) is 4.80. The molecule has 42 heavy (non-hydrogen) atoms. The van der Waals surface area contributed by atoms with E-state index in [1.165, 1.54) is 22.9 Å². The molecule has 218 valence electrons. The van der Waals surface area contributed by atoms with Crippen LogP contribution in [0.15, 0.2) is 66.7 Å². The lowest BCUT2D eigenvalue weighted by molar-refractivity contribution is -0.286. The molecule has 5 rings (SSSR count). The number of ether oxygens (including phenoxy) is 4. The largest absolute Gasteiger partial charge is 0.586 e. The highest BCUT2D eigenvalue weighted by molar-refractivity contribution is 6.32. The summed E-state index contributed by atoms with van der Waals surface area (Å²) < 4.78 is 48.6. The van der Waals surface area contributed by atoms with E-state index >= 15 is 0 Å². The van der Waals surface area contributed by atoms with Gasteiger partial charge in [0.1, 0.15) is 17.2 Å². The zero-order chi connectivity index (χ0) is 30.2. The Morgan fingerprint density at radius 2 is 1.64 bits per heavy atom. The number of ketones is 1. The van der Waals surface area contributed by atoms with E-state index < -0.39 is 17.9 Å². The van der Waals surface area contributed by atoms with Gasteiger partial charge in [0.2, 0.25) is 5.88 Å². The van der Waals surface area contributed by atoms with Crippen LogP contribution in [-0.4, -0.2) is 33.4 Å². The predicted octanol–water partition coefficient (Wildman–Crippen LogP) is 7.12. The summed E-state index contributed by atoms with van der Waals surface area (Å²) in [6.07, 6.45) is -3.78. The van der Waals surface area contributed by atoms with Gasteiger partial charge in [-0.05, 0) is 75.2 Å². The maximum atomic E-state index is 13.4. The van der Waals surface area contributed by atoms with Crippen molar-refractivity contribution in [1.82, 2.24) is 9.78 Å². The molecule has 4 aromatic rings. The Morgan fingerprint density at radius 3 is 2.36 bits per heavy atom. The molecule has 0 unspecified atom stereocenters. The third-order valence-electron chi connectivity index (χ3n) is 6.15. The predicted molar refractivity (Wildman–Crippen MR) is 150 cm³/mol. The third kappa shape index (κ3) is 6.54. The van der Waals surface area contributed by atoms with Crippen LogP contribution in [0.2, 0.25) is 5.02 Å². The number of alkyl halides is 2. The number of carbonyl (C=O) groups excluding carboxylic acids is 2. The number of Topliss-reactive ketones (excluding diaryl/α,β-unsaturated/α-hetero) is 1. The van der Waals surface area contributed by atoms with Crippen LogP contribution in [0.3, 0.4) is 0 Å². The van der Waals surface area contributed by atoms with Crippen LogP contribution < -0.4 is 14.2 Å². The van der Waals surface area contributed by atoms with E-state index in [2.05, 4.69) is 14.6 Å². The number of aryl methyl sites for hydroxylation is 1. The molecule has 2 heterocycles. The van der Waals surface area contributed by atoms with Gasteiger partial charge < -0.3 is 18.9 Å². The van der Waals surface area contributed by atoms with Gasteiger partial charge >= 0.3 is 12.3 Å². The van der Waals surface area contributed by atoms with E-state index in [0.29, 0.717) is 33.1 Å². The van der Waals surface area contributed by atoms with Crippen molar-refractivity contribution in [1.29, 1.82) is 0 Å². The molecular weight excluding hydrogens is 570 g/mol. The first-order chi connectivity index (χ1) is 19.8. The Balaban J connectivity index is 1.30. The number of hydrogen-bond acceptors (Lipinski definition) is 7. The third-order valence-corrected chi connectivity index (χ3v) is 6.59. The lowest BCUT2D eigenvalue weighted by Crippen LogP contribution is -2.25. The number of esters is 1. The van der Waals surface area contributed by atoms with Crippen LogP contribution in [0, 0.1) is 6.92 Å². The van der Waals surface area contributed by atoms with Crippen molar-refractivity contribution < 1.29 is 37.3 Å². The Morgan fingerprint density at radius 1 is 0.952 bits per heavy atom. The molecule has 0 atom stereocenters. The molecule has 0 amide bonds. The molecule has 0 N–H and O–H groups in total. The number of nitrogens with zero attached hydrogens (tertiary/aromatic N) is 2. The fourth-order valence-electron chi connectivity index (χ4n) is 4.21. The summed E-state index contributed by atoms with van der Waals surface area (Å²) in [5.74, 6) is -0.587. The Hall–Kier alpha value is -4.44. The first-order valence-corrected chi connectivity index (χ1v) is 13.4. The molecule has 0 fully saturated rings. The number of carbonyl (C=O) groups is 2. The van der Waals surface area contributed by atoms with Crippen molar-refractivity contribution in [3.63, 3.8) is 0 Å². The molecule has 0 saturated heterocycles. The fraction of sp³-hybridized carbons (Fsp3) is 0.258. The first-order valence-electron chi connectivity index (χ1n) is 13.0. The maximum absolute atomic E-state index is 13.4. The van der Waals surface area contributed by atoms with Crippen LogP contribution in [0.4, 0.5) is 8.78 Å². The van der Waals surface area contributed by atoms with E-state index in [-0.39, 0.29) is 36.2 Å². The molecule has 0 spiro atoms. The van der Waals surface area contributed by atoms with Gasteiger partial charge in [0, 0.05) is 12.0 Å². The molecule has 3 aromatic carbocycles. The quantitative estimate of drug-likeness (QED) is 0.158. The van der Waals surface area contributed by atoms with Crippen molar-refractivity contribution in [2.45, 2.75) is 52.6 Å². The van der Waals surface area contributed by atoms with Crippen LogP contribution in [0.1, 0.15) is 58.3 Å². The molecule has 0 radical (unpaired) electrons. The van der Waals surface area contributed by atoms with Gasteiger partial charge in [0.15, 0.2) is 17.3 Å². The molecule has 11 heteroatoms. The van der Waals surface area contributed by atoms with Gasteiger partial charge in [-0.3, -0.25) is 4.79 Å². The molecule has 8 nitrogen and oxygen atoms in total. The molecule has 0 bridgehead atoms. The number of benzene rings is 3. The summed E-state index contributed by atoms with van der Waals surface area (Å²) in [5.41, 5.74) is 2.55. The van der Waals surface area contributed by atoms with E-state index in [4.69, 9.17) is 21.1 Å². The average molecular weight is 597 g/mol. The lowest BCUT2D eigenvalue weighted by atomic mass is 10.0. The summed E-state index contributed by atoms with van der Waals surface area (Å²) in [7, 11) is 0. The molecular formula is C31H27ClF2N2O6. The Kier molecular flexibility index (Phi) is 7.68. The van der Waals surface area contributed by atoms with Crippen molar-refractivity contribution in [2.24, 2.45) is 0 Å². The average Bonchev–Trinajstić information content (AvgIpc) is 3.39. The Labute approximate surface area is 245 Å². The van der Waals surface area contributed by atoms with Gasteiger partial charge in [-0.1, -0.05) is 41.9 Å². The maximum Gasteiger partial charge on any atom is 0.586 e. The van der Waals surface area contributed by atoms with Crippen molar-refractivity contribution >= 4 is 23.4 Å². The highest BCUT2D eigenvalue weighted by Crippen LogP contribution is 2.41. The van der Waals surface area contributed by atoms with E-state index in [1.54, 1.807) is 76.2 Å². The monoisotopic (exact) mass is 596 g/mol. The van der Waals surface area contributed by atoms with E-state index in [0.717, 1.165) is 5.56 Å². The minimum absolute atomic E-state index is 0.0484. The smallest absolute Gasteiger partial charge is 0.472 e. The molecule has 0 saturated carbocycles. The van der Waals surface area contributed by atoms with Crippen molar-refractivity contribution in [3.8, 4) is 23.1 Å². The van der Waals surface area contributed by atoms with Gasteiger partial charge in [-0.15, -0.1) is 8.78 Å². The van der Waals surface area contributed by atoms with E-state index in [1.807, 2.05) is 0 Å². The van der Waals surface area contributed by atoms with Crippen molar-refractivity contribution in [3.05, 3.63) is 99.7 Å². The second-order valence-corrected chi connectivity index (χ2v) is 11.1. The SMILES string of the molecule is Cc1nn(-c2cccc(C(=O)Cc3ccc4c(c3)OC(F)(F)O4)c2)c(OCc2ccc(C(=O)OC(C)(C)C)cc2)c1Cl. The first kappa shape index (κ1) is 29.1. The normalized spacial score (nSPS) is 13.6. The fourth-order valence-corrected chi connectivity index (χ4v) is 4.39. The molecule has 1 aliphatic rings. The van der Waals surface area contributed by atoms with Crippen LogP contribution in [-0.2, 0) is 17.8 Å². The number of rotatable bonds is 8. The molecule has 1 aliphatic heterocycles. The zero-order valence-corrected chi connectivity index (χ0v) is 24.0. The summed E-state index contributed by atoms with van der Waals surface area (Å²) in [6, 6.07) is 17.8. The summed E-state index contributed by atoms with van der Waals surface area (Å²) >= 11 is 6.52. The number of hydrogen-bond donors (Lipinski definition) is 0. The second kappa shape index (κ2) is 11.1. The second-order valence-electron chi connectivity index (χ2n) is 10.7. The van der Waals surface area contributed by atoms with Crippen LogP contribution in [0.25, 0.3) is 5.69 Å². The minimum Gasteiger partial charge on any atom is -0.472 e. The summed E-state index contributed by atoms with van der Waals surface area (Å²) in [6.45, 7) is 7.29. The van der Waals surface area contributed by atoms with Gasteiger partial charge in [0.05, 0.1) is 16.9 Å². The molecule has 1 aromatic heterocycles. The Bertz CT molecular complexity index is 1660. The number of fused-ring (bicyclic) bond motifs is 1. The summed E-state index contributed by atoms with van der Waals surface area (Å²) in [4.78, 5) is 25.4. The van der Waals surface area contributed by atoms with Crippen LogP contribution in [0.5, 0.6) is 17.4 Å². The van der Waals surface area contributed by atoms with Gasteiger partial charge in [0.25, 0.3) is 0 Å². The highest BCUT2D eigenvalue weighted by Gasteiger charge is 2.43. The van der Waals surface area contributed by atoms with E-state index in [9.17, 15) is 18.4 Å². The van der Waals surface area contributed by atoms with Gasteiger partial charge in [-0.2, -0.15) is 9.78 Å². The van der Waals surface area contributed by atoms with Crippen LogP contribution >= 0.6 is 11.6 Å². The highest BCUT2D eigenvalue weighted by atomic mass is 35.5. The van der Waals surface area contributed by atoms with Crippen molar-refractivity contribution in [2.75, 3.05) is 0 Å². The lowest BCUT2D eigenvalue weighted by Gasteiger charge is -2.19. The number of halogens is 3. The topological polar surface area (TPSA) is 88.9 Å². The standard InChI is InChI=1S/C31H27ClF2N2O6/c1-18-27(32)28(39-17-19-8-11-21(12-9-19)29(38)42-30(2,3)4)36(35-18)23-7-5-6-22(16-23)24(37)14-20-10-13-25-26(15-20)41-31(33,34)40-25/h5-13,15-16H,14,17H2,1-4H3. The minimum atomic E-state index is -3.73.